The number of fused-ring (bicyclic) bond motifs is 2. The Bertz CT molecular complexity index is 1460. The van der Waals surface area contributed by atoms with Crippen molar-refractivity contribution in [1.82, 2.24) is 9.55 Å². The molecule has 4 aromatic carbocycles. The molecule has 0 N–H and O–H groups in total. The fraction of sp³-hybridized carbons (Fsp3) is 0.258. The van der Waals surface area contributed by atoms with Gasteiger partial charge in [0.2, 0.25) is 0 Å². The number of imidazole rings is 1. The number of aromatic nitrogens is 2. The van der Waals surface area contributed by atoms with Crippen molar-refractivity contribution >= 4 is 21.8 Å². The maximum Gasteiger partial charge on any atom is 0.141 e. The lowest BCUT2D eigenvalue weighted by Gasteiger charge is -2.26. The first-order chi connectivity index (χ1) is 16.8. The molecule has 0 radical (unpaired) electrons. The van der Waals surface area contributed by atoms with E-state index in [-0.39, 0.29) is 0 Å². The van der Waals surface area contributed by atoms with Gasteiger partial charge in [0.1, 0.15) is 18.2 Å². The SMILES string of the molecule is Cc1cc(OCc2ccc3ccccc3c2)ccc1-c1nc2ccccc2n1C1CCCCC1. The second kappa shape index (κ2) is 8.98. The Kier molecular flexibility index (Phi) is 5.54. The minimum absolute atomic E-state index is 0.527. The van der Waals surface area contributed by atoms with Crippen molar-refractivity contribution in [3.63, 3.8) is 0 Å². The van der Waals surface area contributed by atoms with Crippen molar-refractivity contribution in [2.75, 3.05) is 0 Å². The first-order valence-electron chi connectivity index (χ1n) is 12.4. The third-order valence-corrected chi connectivity index (χ3v) is 7.19. The number of benzene rings is 4. The molecule has 0 aliphatic heterocycles. The molecule has 0 saturated heterocycles. The summed E-state index contributed by atoms with van der Waals surface area (Å²) in [6, 6.07) is 30.5. The van der Waals surface area contributed by atoms with Gasteiger partial charge in [-0.1, -0.05) is 67.8 Å². The molecule has 34 heavy (non-hydrogen) atoms. The molecule has 0 bridgehead atoms. The highest BCUT2D eigenvalue weighted by molar-refractivity contribution is 5.83. The van der Waals surface area contributed by atoms with Crippen LogP contribution in [0.5, 0.6) is 5.75 Å². The molecular formula is C31H30N2O. The monoisotopic (exact) mass is 446 g/mol. The lowest BCUT2D eigenvalue weighted by Crippen LogP contribution is -2.14. The molecule has 3 heteroatoms. The Hall–Kier alpha value is -3.59. The zero-order valence-corrected chi connectivity index (χ0v) is 19.7. The van der Waals surface area contributed by atoms with Crippen LogP contribution in [0.15, 0.2) is 84.9 Å². The summed E-state index contributed by atoms with van der Waals surface area (Å²) < 4.78 is 8.70. The van der Waals surface area contributed by atoms with E-state index in [0.29, 0.717) is 12.6 Å². The number of aryl methyl sites for hydroxylation is 1. The second-order valence-electron chi connectivity index (χ2n) is 9.53. The molecule has 0 spiro atoms. The molecule has 5 aromatic rings. The molecule has 170 valence electrons. The summed E-state index contributed by atoms with van der Waals surface area (Å²) in [5.74, 6) is 1.99. The van der Waals surface area contributed by atoms with Gasteiger partial charge in [0.05, 0.1) is 11.0 Å². The molecule has 1 fully saturated rings. The van der Waals surface area contributed by atoms with E-state index < -0.39 is 0 Å². The summed E-state index contributed by atoms with van der Waals surface area (Å²) in [6.45, 7) is 2.73. The van der Waals surface area contributed by atoms with E-state index in [4.69, 9.17) is 9.72 Å². The average Bonchev–Trinajstić information content (AvgIpc) is 3.27. The van der Waals surface area contributed by atoms with Gasteiger partial charge in [-0.15, -0.1) is 0 Å². The fourth-order valence-corrected chi connectivity index (χ4v) is 5.42. The Morgan fingerprint density at radius 3 is 2.47 bits per heavy atom. The number of hydrogen-bond acceptors (Lipinski definition) is 2. The summed E-state index contributed by atoms with van der Waals surface area (Å²) in [5.41, 5.74) is 5.90. The third-order valence-electron chi connectivity index (χ3n) is 7.19. The molecule has 1 aromatic heterocycles. The van der Waals surface area contributed by atoms with Crippen LogP contribution in [0, 0.1) is 6.92 Å². The van der Waals surface area contributed by atoms with Crippen LogP contribution in [0.25, 0.3) is 33.2 Å². The highest BCUT2D eigenvalue weighted by atomic mass is 16.5. The summed E-state index contributed by atoms with van der Waals surface area (Å²) in [5, 5.41) is 2.50. The summed E-state index contributed by atoms with van der Waals surface area (Å²) in [6.07, 6.45) is 6.42. The standard InChI is InChI=1S/C31H30N2O/c1-22-19-27(34-21-23-15-16-24-9-5-6-10-25(24)20-23)17-18-28(22)31-32-29-13-7-8-14-30(29)33(31)26-11-3-2-4-12-26/h5-10,13-20,26H,2-4,11-12,21H2,1H3. The summed E-state index contributed by atoms with van der Waals surface area (Å²) in [4.78, 5) is 5.09. The van der Waals surface area contributed by atoms with E-state index in [2.05, 4.69) is 96.4 Å². The van der Waals surface area contributed by atoms with Gasteiger partial charge < -0.3 is 9.30 Å². The normalized spacial score (nSPS) is 14.6. The van der Waals surface area contributed by atoms with E-state index >= 15 is 0 Å². The molecule has 0 atom stereocenters. The van der Waals surface area contributed by atoms with Crippen molar-refractivity contribution in [2.24, 2.45) is 0 Å². The van der Waals surface area contributed by atoms with Crippen LogP contribution >= 0.6 is 0 Å². The van der Waals surface area contributed by atoms with Crippen molar-refractivity contribution in [3.05, 3.63) is 96.1 Å². The van der Waals surface area contributed by atoms with E-state index in [0.717, 1.165) is 17.1 Å². The Labute approximate surface area is 201 Å². The van der Waals surface area contributed by atoms with Crippen LogP contribution in [0.4, 0.5) is 0 Å². The van der Waals surface area contributed by atoms with Crippen molar-refractivity contribution in [3.8, 4) is 17.1 Å². The van der Waals surface area contributed by atoms with Gasteiger partial charge in [-0.2, -0.15) is 0 Å². The van der Waals surface area contributed by atoms with Crippen LogP contribution < -0.4 is 4.74 Å². The number of nitrogens with zero attached hydrogens (tertiary/aromatic N) is 2. The summed E-state index contributed by atoms with van der Waals surface area (Å²) in [7, 11) is 0. The maximum atomic E-state index is 6.19. The van der Waals surface area contributed by atoms with Gasteiger partial charge in [-0.25, -0.2) is 4.98 Å². The molecule has 0 unspecified atom stereocenters. The first kappa shape index (κ1) is 21.0. The molecule has 1 aliphatic rings. The van der Waals surface area contributed by atoms with Crippen LogP contribution in [-0.4, -0.2) is 9.55 Å². The molecular weight excluding hydrogens is 416 g/mol. The van der Waals surface area contributed by atoms with Gasteiger partial charge in [0, 0.05) is 11.6 Å². The zero-order chi connectivity index (χ0) is 22.9. The van der Waals surface area contributed by atoms with E-state index in [1.165, 1.54) is 65.1 Å². The quantitative estimate of drug-likeness (QED) is 0.272. The van der Waals surface area contributed by atoms with Crippen LogP contribution in [0.1, 0.15) is 49.3 Å². The number of para-hydroxylation sites is 2. The highest BCUT2D eigenvalue weighted by Crippen LogP contribution is 2.37. The Balaban J connectivity index is 1.29. The lowest BCUT2D eigenvalue weighted by molar-refractivity contribution is 0.306. The minimum atomic E-state index is 0.527. The molecule has 1 heterocycles. The van der Waals surface area contributed by atoms with Crippen molar-refractivity contribution in [2.45, 2.75) is 51.7 Å². The Morgan fingerprint density at radius 2 is 1.62 bits per heavy atom. The molecule has 3 nitrogen and oxygen atoms in total. The largest absolute Gasteiger partial charge is 0.489 e. The second-order valence-corrected chi connectivity index (χ2v) is 9.53. The number of rotatable bonds is 5. The van der Waals surface area contributed by atoms with Crippen LogP contribution in [0.3, 0.4) is 0 Å². The molecule has 1 aliphatic carbocycles. The fourth-order valence-electron chi connectivity index (χ4n) is 5.42. The number of hydrogen-bond donors (Lipinski definition) is 0. The van der Waals surface area contributed by atoms with Crippen LogP contribution in [0.2, 0.25) is 0 Å². The lowest BCUT2D eigenvalue weighted by atomic mass is 9.94. The van der Waals surface area contributed by atoms with Crippen LogP contribution in [-0.2, 0) is 6.61 Å². The van der Waals surface area contributed by atoms with Gasteiger partial charge in [0.15, 0.2) is 0 Å². The predicted molar refractivity (Wildman–Crippen MR) is 140 cm³/mol. The minimum Gasteiger partial charge on any atom is -0.489 e. The molecule has 6 rings (SSSR count). The topological polar surface area (TPSA) is 27.1 Å². The highest BCUT2D eigenvalue weighted by Gasteiger charge is 2.23. The van der Waals surface area contributed by atoms with Crippen molar-refractivity contribution in [1.29, 1.82) is 0 Å². The smallest absolute Gasteiger partial charge is 0.141 e. The predicted octanol–water partition coefficient (Wildman–Crippen LogP) is 8.25. The van der Waals surface area contributed by atoms with Crippen molar-refractivity contribution < 1.29 is 4.74 Å². The van der Waals surface area contributed by atoms with Gasteiger partial charge in [0.25, 0.3) is 0 Å². The summed E-state index contributed by atoms with van der Waals surface area (Å²) >= 11 is 0. The van der Waals surface area contributed by atoms with E-state index in [1.54, 1.807) is 0 Å². The maximum absolute atomic E-state index is 6.19. The zero-order valence-electron chi connectivity index (χ0n) is 19.7. The van der Waals surface area contributed by atoms with E-state index in [1.807, 2.05) is 0 Å². The molecule has 0 amide bonds. The first-order valence-corrected chi connectivity index (χ1v) is 12.4. The van der Waals surface area contributed by atoms with Gasteiger partial charge >= 0.3 is 0 Å². The Morgan fingerprint density at radius 1 is 0.824 bits per heavy atom. The third kappa shape index (κ3) is 3.96. The average molecular weight is 447 g/mol. The molecule has 1 saturated carbocycles. The van der Waals surface area contributed by atoms with Gasteiger partial charge in [-0.05, 0) is 78.1 Å². The van der Waals surface area contributed by atoms with E-state index in [9.17, 15) is 0 Å². The number of ether oxygens (including phenoxy) is 1. The van der Waals surface area contributed by atoms with Gasteiger partial charge in [-0.3, -0.25) is 0 Å².